The number of hydrogen-bond donors (Lipinski definition) is 3. The first kappa shape index (κ1) is 24.6. The Kier molecular flexibility index (Phi) is 15.0. The molecule has 0 aliphatic carbocycles. The molecule has 0 unspecified atom stereocenters. The van der Waals surface area contributed by atoms with E-state index in [1.54, 1.807) is 0 Å². The lowest BCUT2D eigenvalue weighted by Gasteiger charge is -2.35. The third-order valence-corrected chi connectivity index (χ3v) is 5.20. The molecule has 1 rings (SSSR count). The van der Waals surface area contributed by atoms with Crippen LogP contribution in [0.15, 0.2) is 12.2 Å². The predicted molar refractivity (Wildman–Crippen MR) is 109 cm³/mol. The average molecular weight is 387 g/mol. The Hall–Kier alpha value is -0.460. The van der Waals surface area contributed by atoms with Crippen LogP contribution in [-0.2, 0) is 9.47 Å². The van der Waals surface area contributed by atoms with Gasteiger partial charge in [0.15, 0.2) is 0 Å². The minimum absolute atomic E-state index is 0.0438. The van der Waals surface area contributed by atoms with Crippen LogP contribution in [-0.4, -0.2) is 59.6 Å². The highest BCUT2D eigenvalue weighted by molar-refractivity contribution is 4.86. The Morgan fingerprint density at radius 2 is 1.41 bits per heavy atom. The van der Waals surface area contributed by atoms with Crippen molar-refractivity contribution in [1.29, 1.82) is 0 Å². The fourth-order valence-electron chi connectivity index (χ4n) is 3.38. The summed E-state index contributed by atoms with van der Waals surface area (Å²) in [4.78, 5) is 0. The van der Waals surface area contributed by atoms with E-state index in [4.69, 9.17) is 9.47 Å². The van der Waals surface area contributed by atoms with Crippen LogP contribution in [0.5, 0.6) is 0 Å². The van der Waals surface area contributed by atoms with Crippen molar-refractivity contribution in [2.45, 2.75) is 108 Å². The molecular weight excluding hydrogens is 344 g/mol. The van der Waals surface area contributed by atoms with E-state index in [0.717, 1.165) is 12.8 Å². The average Bonchev–Trinajstić information content (AvgIpc) is 2.67. The largest absolute Gasteiger partial charge is 0.388 e. The predicted octanol–water partition coefficient (Wildman–Crippen LogP) is 3.74. The van der Waals surface area contributed by atoms with Gasteiger partial charge in [-0.2, -0.15) is 0 Å². The number of unbranched alkanes of at least 4 members (excludes halogenated alkanes) is 10. The first-order valence-corrected chi connectivity index (χ1v) is 11.0. The normalized spacial score (nSPS) is 26.1. The van der Waals surface area contributed by atoms with Gasteiger partial charge in [-0.15, -0.1) is 0 Å². The van der Waals surface area contributed by atoms with Crippen LogP contribution in [0.2, 0.25) is 0 Å². The minimum Gasteiger partial charge on any atom is -0.388 e. The van der Waals surface area contributed by atoms with Crippen molar-refractivity contribution in [3.8, 4) is 0 Å². The van der Waals surface area contributed by atoms with Crippen LogP contribution >= 0.6 is 0 Å². The smallest absolute Gasteiger partial charge is 0.111 e. The Balaban J connectivity index is 1.80. The quantitative estimate of drug-likeness (QED) is 0.278. The maximum Gasteiger partial charge on any atom is 0.111 e. The molecule has 1 aliphatic heterocycles. The van der Waals surface area contributed by atoms with E-state index in [1.165, 1.54) is 64.2 Å². The van der Waals surface area contributed by atoms with Gasteiger partial charge in [0.2, 0.25) is 0 Å². The van der Waals surface area contributed by atoms with Crippen molar-refractivity contribution < 1.29 is 24.8 Å². The molecule has 1 saturated heterocycles. The molecule has 0 aromatic rings. The van der Waals surface area contributed by atoms with Gasteiger partial charge in [-0.05, 0) is 25.7 Å². The second kappa shape index (κ2) is 16.5. The van der Waals surface area contributed by atoms with E-state index < -0.39 is 24.4 Å². The van der Waals surface area contributed by atoms with Crippen LogP contribution in [0.3, 0.4) is 0 Å². The van der Waals surface area contributed by atoms with Gasteiger partial charge < -0.3 is 24.8 Å². The Labute approximate surface area is 165 Å². The van der Waals surface area contributed by atoms with Crippen molar-refractivity contribution in [1.82, 2.24) is 0 Å². The van der Waals surface area contributed by atoms with Crippen molar-refractivity contribution >= 4 is 0 Å². The van der Waals surface area contributed by atoms with E-state index in [-0.39, 0.29) is 13.2 Å². The van der Waals surface area contributed by atoms with Crippen molar-refractivity contribution in [3.05, 3.63) is 12.2 Å². The maximum absolute atomic E-state index is 9.82. The van der Waals surface area contributed by atoms with Gasteiger partial charge >= 0.3 is 0 Å². The third kappa shape index (κ3) is 11.9. The summed E-state index contributed by atoms with van der Waals surface area (Å²) in [7, 11) is 0. The number of allylic oxidation sites excluding steroid dienone is 2. The first-order valence-electron chi connectivity index (χ1n) is 11.0. The molecule has 1 heterocycles. The Morgan fingerprint density at radius 3 is 2.04 bits per heavy atom. The van der Waals surface area contributed by atoms with Crippen LogP contribution in [0.1, 0.15) is 84.0 Å². The van der Waals surface area contributed by atoms with Gasteiger partial charge in [-0.3, -0.25) is 0 Å². The Morgan fingerprint density at radius 1 is 0.815 bits per heavy atom. The molecule has 1 fully saturated rings. The summed E-state index contributed by atoms with van der Waals surface area (Å²) in [6.07, 6.45) is 16.0. The summed E-state index contributed by atoms with van der Waals surface area (Å²) in [5.74, 6) is 0. The molecule has 0 aromatic carbocycles. The highest BCUT2D eigenvalue weighted by atomic mass is 16.6. The van der Waals surface area contributed by atoms with E-state index in [9.17, 15) is 15.3 Å². The van der Waals surface area contributed by atoms with Crippen LogP contribution < -0.4 is 0 Å². The molecule has 0 bridgehead atoms. The molecular formula is C22H42O5. The molecule has 4 atom stereocenters. The zero-order valence-electron chi connectivity index (χ0n) is 17.2. The molecule has 160 valence electrons. The molecule has 5 nitrogen and oxygen atoms in total. The first-order chi connectivity index (χ1) is 13.2. The summed E-state index contributed by atoms with van der Waals surface area (Å²) < 4.78 is 10.9. The van der Waals surface area contributed by atoms with Crippen LogP contribution in [0.25, 0.3) is 0 Å². The highest BCUT2D eigenvalue weighted by Crippen LogP contribution is 2.16. The lowest BCUT2D eigenvalue weighted by Crippen LogP contribution is -2.54. The summed E-state index contributed by atoms with van der Waals surface area (Å²) in [6.45, 7) is 3.14. The van der Waals surface area contributed by atoms with Crippen molar-refractivity contribution in [3.63, 3.8) is 0 Å². The minimum atomic E-state index is -1.15. The van der Waals surface area contributed by atoms with Gasteiger partial charge in [-0.1, -0.05) is 70.4 Å². The molecule has 0 aromatic heterocycles. The number of aliphatic hydroxyl groups excluding tert-OH is 3. The van der Waals surface area contributed by atoms with Crippen LogP contribution in [0.4, 0.5) is 0 Å². The number of aliphatic hydroxyl groups is 3. The van der Waals surface area contributed by atoms with E-state index in [2.05, 4.69) is 19.1 Å². The fraction of sp³-hybridized carbons (Fsp3) is 0.909. The second-order valence-electron chi connectivity index (χ2n) is 7.70. The summed E-state index contributed by atoms with van der Waals surface area (Å²) in [6, 6.07) is 0. The monoisotopic (exact) mass is 386 g/mol. The molecule has 0 amide bonds. The zero-order valence-corrected chi connectivity index (χ0v) is 17.2. The van der Waals surface area contributed by atoms with Gasteiger partial charge in [0.05, 0.1) is 13.2 Å². The van der Waals surface area contributed by atoms with Crippen LogP contribution in [0, 0.1) is 0 Å². The fourth-order valence-corrected chi connectivity index (χ4v) is 3.38. The highest BCUT2D eigenvalue weighted by Gasteiger charge is 2.37. The van der Waals surface area contributed by atoms with E-state index in [1.807, 2.05) is 0 Å². The van der Waals surface area contributed by atoms with Crippen molar-refractivity contribution in [2.24, 2.45) is 0 Å². The maximum atomic E-state index is 9.82. The second-order valence-corrected chi connectivity index (χ2v) is 7.70. The van der Waals surface area contributed by atoms with Gasteiger partial charge in [0.1, 0.15) is 24.4 Å². The summed E-state index contributed by atoms with van der Waals surface area (Å²) in [5.41, 5.74) is 0. The van der Waals surface area contributed by atoms with E-state index in [0.29, 0.717) is 6.61 Å². The lowest BCUT2D eigenvalue weighted by molar-refractivity contribution is -0.199. The molecule has 3 N–H and O–H groups in total. The summed E-state index contributed by atoms with van der Waals surface area (Å²) >= 11 is 0. The standard InChI is InChI=1S/C22H42O5/c1-2-3-4-5-6-7-8-9-10-11-12-13-14-15-16-26-18-20-22(25)21(24)19(23)17-27-20/h3-4,19-25H,2,5-18H2,1H3/b4-3+/t19-,20+,21+,22+/m1/s1. The molecule has 5 heteroatoms. The van der Waals surface area contributed by atoms with Gasteiger partial charge in [0, 0.05) is 6.61 Å². The molecule has 27 heavy (non-hydrogen) atoms. The lowest BCUT2D eigenvalue weighted by atomic mass is 10.0. The van der Waals surface area contributed by atoms with Gasteiger partial charge in [0.25, 0.3) is 0 Å². The third-order valence-electron chi connectivity index (χ3n) is 5.20. The van der Waals surface area contributed by atoms with Crippen molar-refractivity contribution in [2.75, 3.05) is 19.8 Å². The Bertz CT molecular complexity index is 361. The molecule has 0 saturated carbocycles. The number of rotatable bonds is 16. The molecule has 0 radical (unpaired) electrons. The van der Waals surface area contributed by atoms with E-state index >= 15 is 0 Å². The van der Waals surface area contributed by atoms with Gasteiger partial charge in [-0.25, -0.2) is 0 Å². The SMILES string of the molecule is CC/C=C/CCCCCCCCCCCCOC[C@@H]1OC[C@@H](O)[C@H](O)[C@H]1O. The number of ether oxygens (including phenoxy) is 2. The summed E-state index contributed by atoms with van der Waals surface area (Å²) in [5, 5.41) is 28.8. The number of hydrogen-bond acceptors (Lipinski definition) is 5. The zero-order chi connectivity index (χ0) is 19.7. The topological polar surface area (TPSA) is 79.2 Å². The molecule has 0 spiro atoms. The molecule has 1 aliphatic rings.